The number of halogens is 3. The van der Waals surface area contributed by atoms with Gasteiger partial charge in [0.05, 0.1) is 11.9 Å². The zero-order valence-corrected chi connectivity index (χ0v) is 9.16. The van der Waals surface area contributed by atoms with E-state index >= 15 is 0 Å². The molecule has 0 saturated heterocycles. The number of aromatic nitrogens is 2. The lowest BCUT2D eigenvalue weighted by molar-refractivity contribution is -0.274. The molecule has 4 nitrogen and oxygen atoms in total. The molecule has 2 aromatic rings. The number of H-pyrrole nitrogens is 1. The molecule has 0 amide bonds. The molecule has 3 N–H and O–H groups in total. The first-order valence-electron chi connectivity index (χ1n) is 5.08. The number of nitrogens with one attached hydrogen (secondary N) is 1. The first kappa shape index (κ1) is 12.4. The Morgan fingerprint density at radius 2 is 2.00 bits per heavy atom. The summed E-state index contributed by atoms with van der Waals surface area (Å²) < 4.78 is 40.8. The number of benzene rings is 1. The summed E-state index contributed by atoms with van der Waals surface area (Å²) in [4.78, 5) is 0. The number of nitrogens with zero attached hydrogens (tertiary/aromatic N) is 1. The lowest BCUT2D eigenvalue weighted by atomic mass is 10.1. The molecule has 96 valence electrons. The van der Waals surface area contributed by atoms with E-state index in [0.717, 1.165) is 0 Å². The van der Waals surface area contributed by atoms with Crippen LogP contribution < -0.4 is 10.5 Å². The number of rotatable bonds is 3. The Morgan fingerprint density at radius 1 is 1.28 bits per heavy atom. The highest BCUT2D eigenvalue weighted by Crippen LogP contribution is 2.33. The first-order valence-corrected chi connectivity index (χ1v) is 5.08. The van der Waals surface area contributed by atoms with E-state index in [9.17, 15) is 13.2 Å². The van der Waals surface area contributed by atoms with Gasteiger partial charge in [0.2, 0.25) is 0 Å². The lowest BCUT2D eigenvalue weighted by Crippen LogP contribution is -2.17. The van der Waals surface area contributed by atoms with E-state index in [0.29, 0.717) is 11.3 Å². The minimum Gasteiger partial charge on any atom is -0.405 e. The van der Waals surface area contributed by atoms with Gasteiger partial charge in [0.15, 0.2) is 0 Å². The second kappa shape index (κ2) is 4.69. The summed E-state index contributed by atoms with van der Waals surface area (Å²) in [5.74, 6) is -0.288. The molecule has 7 heteroatoms. The zero-order valence-electron chi connectivity index (χ0n) is 9.16. The summed E-state index contributed by atoms with van der Waals surface area (Å²) in [5, 5.41) is 6.39. The van der Waals surface area contributed by atoms with Gasteiger partial charge in [-0.05, 0) is 12.1 Å². The Hall–Kier alpha value is -2.02. The van der Waals surface area contributed by atoms with Gasteiger partial charge in [-0.25, -0.2) is 0 Å². The summed E-state index contributed by atoms with van der Waals surface area (Å²) in [6.07, 6.45) is -3.27. The average molecular weight is 257 g/mol. The Morgan fingerprint density at radius 3 is 2.67 bits per heavy atom. The van der Waals surface area contributed by atoms with Crippen molar-refractivity contribution in [2.24, 2.45) is 5.73 Å². The molecule has 0 unspecified atom stereocenters. The number of ether oxygens (including phenoxy) is 1. The van der Waals surface area contributed by atoms with Crippen molar-refractivity contribution >= 4 is 0 Å². The summed E-state index contributed by atoms with van der Waals surface area (Å²) in [7, 11) is 0. The van der Waals surface area contributed by atoms with Crippen LogP contribution in [0.3, 0.4) is 0 Å². The Balaban J connectivity index is 2.45. The highest BCUT2D eigenvalue weighted by Gasteiger charge is 2.32. The molecule has 18 heavy (non-hydrogen) atoms. The van der Waals surface area contributed by atoms with Gasteiger partial charge in [-0.1, -0.05) is 12.1 Å². The van der Waals surface area contributed by atoms with E-state index in [1.54, 1.807) is 6.07 Å². The summed E-state index contributed by atoms with van der Waals surface area (Å²) in [6, 6.07) is 5.82. The van der Waals surface area contributed by atoms with E-state index in [1.165, 1.54) is 24.4 Å². The predicted octanol–water partition coefficient (Wildman–Crippen LogP) is 2.43. The van der Waals surface area contributed by atoms with Gasteiger partial charge in [0.25, 0.3) is 0 Å². The number of para-hydroxylation sites is 1. The Labute approximate surface area is 101 Å². The summed E-state index contributed by atoms with van der Waals surface area (Å²) >= 11 is 0. The Bertz CT molecular complexity index is 536. The molecule has 0 aliphatic heterocycles. The third-order valence-corrected chi connectivity index (χ3v) is 2.32. The maximum absolute atomic E-state index is 12.3. The SMILES string of the molecule is NCc1cn[nH]c1-c1ccccc1OC(F)(F)F. The van der Waals surface area contributed by atoms with Gasteiger partial charge in [0.1, 0.15) is 5.75 Å². The molecule has 0 saturated carbocycles. The first-order chi connectivity index (χ1) is 8.51. The van der Waals surface area contributed by atoms with Crippen molar-refractivity contribution < 1.29 is 17.9 Å². The van der Waals surface area contributed by atoms with E-state index in [2.05, 4.69) is 14.9 Å². The molecule has 0 radical (unpaired) electrons. The minimum absolute atomic E-state index is 0.173. The molecule has 1 heterocycles. The minimum atomic E-state index is -4.74. The van der Waals surface area contributed by atoms with Crippen LogP contribution in [-0.2, 0) is 6.54 Å². The third kappa shape index (κ3) is 2.62. The third-order valence-electron chi connectivity index (χ3n) is 2.32. The van der Waals surface area contributed by atoms with Crippen LogP contribution in [0.2, 0.25) is 0 Å². The average Bonchev–Trinajstić information content (AvgIpc) is 2.75. The van der Waals surface area contributed by atoms with Crippen molar-refractivity contribution in [2.45, 2.75) is 12.9 Å². The number of hydrogen-bond donors (Lipinski definition) is 2. The zero-order chi connectivity index (χ0) is 13.2. The number of nitrogens with two attached hydrogens (primary N) is 1. The fourth-order valence-corrected chi connectivity index (χ4v) is 1.59. The van der Waals surface area contributed by atoms with E-state index < -0.39 is 6.36 Å². The van der Waals surface area contributed by atoms with Gasteiger partial charge >= 0.3 is 6.36 Å². The molecular weight excluding hydrogens is 247 g/mol. The molecule has 0 spiro atoms. The van der Waals surface area contributed by atoms with E-state index in [4.69, 9.17) is 5.73 Å². The van der Waals surface area contributed by atoms with Crippen molar-refractivity contribution in [1.82, 2.24) is 10.2 Å². The van der Waals surface area contributed by atoms with Gasteiger partial charge < -0.3 is 10.5 Å². The maximum atomic E-state index is 12.3. The van der Waals surface area contributed by atoms with Crippen LogP contribution in [0, 0.1) is 0 Å². The van der Waals surface area contributed by atoms with Crippen molar-refractivity contribution in [3.05, 3.63) is 36.0 Å². The van der Waals surface area contributed by atoms with Gasteiger partial charge in [-0.15, -0.1) is 13.2 Å². The van der Waals surface area contributed by atoms with Crippen LogP contribution in [-0.4, -0.2) is 16.6 Å². The standard InChI is InChI=1S/C11H10F3N3O/c12-11(13,14)18-9-4-2-1-3-8(9)10-7(5-15)6-16-17-10/h1-4,6H,5,15H2,(H,16,17). The predicted molar refractivity (Wildman–Crippen MR) is 58.6 cm³/mol. The van der Waals surface area contributed by atoms with Gasteiger partial charge in [0, 0.05) is 17.7 Å². The fraction of sp³-hybridized carbons (Fsp3) is 0.182. The normalized spacial score (nSPS) is 11.6. The fourth-order valence-electron chi connectivity index (χ4n) is 1.59. The molecule has 0 atom stereocenters. The molecule has 2 rings (SSSR count). The second-order valence-electron chi connectivity index (χ2n) is 3.52. The monoisotopic (exact) mass is 257 g/mol. The largest absolute Gasteiger partial charge is 0.573 e. The highest BCUT2D eigenvalue weighted by atomic mass is 19.4. The smallest absolute Gasteiger partial charge is 0.405 e. The van der Waals surface area contributed by atoms with Crippen LogP contribution in [0.1, 0.15) is 5.56 Å². The highest BCUT2D eigenvalue weighted by molar-refractivity contribution is 5.69. The van der Waals surface area contributed by atoms with Crippen molar-refractivity contribution in [2.75, 3.05) is 0 Å². The van der Waals surface area contributed by atoms with Crippen molar-refractivity contribution in [3.63, 3.8) is 0 Å². The second-order valence-corrected chi connectivity index (χ2v) is 3.52. The summed E-state index contributed by atoms with van der Waals surface area (Å²) in [5.41, 5.74) is 6.80. The number of hydrogen-bond acceptors (Lipinski definition) is 3. The molecule has 1 aromatic heterocycles. The molecule has 0 bridgehead atoms. The number of alkyl halides is 3. The molecule has 1 aromatic carbocycles. The van der Waals surface area contributed by atoms with Crippen LogP contribution in [0.25, 0.3) is 11.3 Å². The number of aromatic amines is 1. The molecular formula is C11H10F3N3O. The van der Waals surface area contributed by atoms with Crippen molar-refractivity contribution in [1.29, 1.82) is 0 Å². The lowest BCUT2D eigenvalue weighted by Gasteiger charge is -2.12. The topological polar surface area (TPSA) is 63.9 Å². The van der Waals surface area contributed by atoms with Crippen LogP contribution >= 0.6 is 0 Å². The Kier molecular flexibility index (Phi) is 3.24. The van der Waals surface area contributed by atoms with Crippen LogP contribution in [0.4, 0.5) is 13.2 Å². The van der Waals surface area contributed by atoms with Crippen molar-refractivity contribution in [3.8, 4) is 17.0 Å². The summed E-state index contributed by atoms with van der Waals surface area (Å²) in [6.45, 7) is 0.173. The molecule has 0 fully saturated rings. The van der Waals surface area contributed by atoms with Gasteiger partial charge in [-0.3, -0.25) is 5.10 Å². The van der Waals surface area contributed by atoms with Gasteiger partial charge in [-0.2, -0.15) is 5.10 Å². The quantitative estimate of drug-likeness (QED) is 0.887. The van der Waals surface area contributed by atoms with Crippen LogP contribution in [0.15, 0.2) is 30.5 Å². The van der Waals surface area contributed by atoms with Crippen LogP contribution in [0.5, 0.6) is 5.75 Å². The van der Waals surface area contributed by atoms with E-state index in [-0.39, 0.29) is 17.9 Å². The molecule has 0 aliphatic carbocycles. The van der Waals surface area contributed by atoms with E-state index in [1.807, 2.05) is 0 Å². The maximum Gasteiger partial charge on any atom is 0.573 e. The molecule has 0 aliphatic rings.